The van der Waals surface area contributed by atoms with E-state index >= 15 is 0 Å². The van der Waals surface area contributed by atoms with E-state index in [2.05, 4.69) is 0 Å². The third kappa shape index (κ3) is 4.22. The van der Waals surface area contributed by atoms with Gasteiger partial charge in [-0.15, -0.1) is 0 Å². The molecule has 1 aromatic carbocycles. The molecule has 0 bridgehead atoms. The molecule has 0 radical (unpaired) electrons. The quantitative estimate of drug-likeness (QED) is 0.612. The first-order chi connectivity index (χ1) is 9.65. The summed E-state index contributed by atoms with van der Waals surface area (Å²) in [6, 6.07) is 9.50. The van der Waals surface area contributed by atoms with E-state index in [-0.39, 0.29) is 30.1 Å². The summed E-state index contributed by atoms with van der Waals surface area (Å²) in [4.78, 5) is 23.5. The number of carbonyl (C=O) groups excluding carboxylic acids is 1. The molecule has 2 rings (SSSR count). The van der Waals surface area contributed by atoms with Crippen molar-refractivity contribution in [3.8, 4) is 0 Å². The molecular weight excluding hydrogens is 260 g/mol. The van der Waals surface area contributed by atoms with Crippen LogP contribution in [-0.2, 0) is 11.3 Å². The van der Waals surface area contributed by atoms with Crippen molar-refractivity contribution in [2.75, 3.05) is 19.6 Å². The molecule has 1 aliphatic rings. The summed E-state index contributed by atoms with van der Waals surface area (Å²) in [6.45, 7) is 1.41. The van der Waals surface area contributed by atoms with Gasteiger partial charge in [-0.2, -0.15) is 0 Å². The second kappa shape index (κ2) is 6.88. The van der Waals surface area contributed by atoms with Crippen molar-refractivity contribution in [2.45, 2.75) is 19.4 Å². The molecule has 1 amide bonds. The first-order valence-electron chi connectivity index (χ1n) is 6.72. The van der Waals surface area contributed by atoms with Gasteiger partial charge >= 0.3 is 6.09 Å². The van der Waals surface area contributed by atoms with E-state index in [9.17, 15) is 14.9 Å². The van der Waals surface area contributed by atoms with Crippen LogP contribution in [0.15, 0.2) is 30.3 Å². The van der Waals surface area contributed by atoms with Crippen LogP contribution in [0.1, 0.15) is 18.4 Å². The standard InChI is InChI=1S/C14H18N2O4/c17-14(20-11-13-4-2-1-3-5-13)15-8-6-12(10-15)7-9-16(18)19/h1-5,12H,6-11H2. The van der Waals surface area contributed by atoms with Gasteiger partial charge in [0.1, 0.15) is 6.61 Å². The minimum atomic E-state index is -0.336. The Morgan fingerprint density at radius 2 is 2.15 bits per heavy atom. The second-order valence-corrected chi connectivity index (χ2v) is 4.99. The average molecular weight is 278 g/mol. The lowest BCUT2D eigenvalue weighted by Gasteiger charge is -2.16. The van der Waals surface area contributed by atoms with Gasteiger partial charge in [-0.25, -0.2) is 4.79 Å². The number of benzene rings is 1. The zero-order chi connectivity index (χ0) is 14.4. The van der Waals surface area contributed by atoms with Crippen LogP contribution in [0.3, 0.4) is 0 Å². The Morgan fingerprint density at radius 3 is 2.85 bits per heavy atom. The van der Waals surface area contributed by atoms with Crippen molar-refractivity contribution in [3.05, 3.63) is 46.0 Å². The predicted molar refractivity (Wildman–Crippen MR) is 72.8 cm³/mol. The van der Waals surface area contributed by atoms with Crippen LogP contribution >= 0.6 is 0 Å². The molecule has 0 aromatic heterocycles. The van der Waals surface area contributed by atoms with E-state index in [1.165, 1.54) is 0 Å². The van der Waals surface area contributed by atoms with Crippen molar-refractivity contribution in [3.63, 3.8) is 0 Å². The number of hydrogen-bond acceptors (Lipinski definition) is 4. The summed E-state index contributed by atoms with van der Waals surface area (Å²) in [5, 5.41) is 10.3. The van der Waals surface area contributed by atoms with Crippen LogP contribution in [0.25, 0.3) is 0 Å². The summed E-state index contributed by atoms with van der Waals surface area (Å²) >= 11 is 0. The van der Waals surface area contributed by atoms with Gasteiger partial charge in [-0.05, 0) is 17.9 Å². The van der Waals surface area contributed by atoms with Crippen molar-refractivity contribution >= 4 is 6.09 Å². The van der Waals surface area contributed by atoms with Crippen LogP contribution < -0.4 is 0 Å². The average Bonchev–Trinajstić information content (AvgIpc) is 2.92. The summed E-state index contributed by atoms with van der Waals surface area (Å²) in [5.41, 5.74) is 0.949. The number of hydrogen-bond donors (Lipinski definition) is 0. The molecule has 1 heterocycles. The molecule has 6 nitrogen and oxygen atoms in total. The zero-order valence-electron chi connectivity index (χ0n) is 11.2. The van der Waals surface area contributed by atoms with Crippen molar-refractivity contribution in [1.82, 2.24) is 4.90 Å². The maximum Gasteiger partial charge on any atom is 0.410 e. The molecule has 0 aliphatic carbocycles. The molecule has 1 unspecified atom stereocenters. The Hall–Kier alpha value is -2.11. The van der Waals surface area contributed by atoms with Gasteiger partial charge in [0.2, 0.25) is 6.54 Å². The maximum atomic E-state index is 11.9. The maximum absolute atomic E-state index is 11.9. The number of amides is 1. The van der Waals surface area contributed by atoms with Gasteiger partial charge in [0.25, 0.3) is 0 Å². The Labute approximate surface area is 117 Å². The van der Waals surface area contributed by atoms with Crippen LogP contribution in [-0.4, -0.2) is 35.6 Å². The fourth-order valence-electron chi connectivity index (χ4n) is 2.33. The van der Waals surface area contributed by atoms with E-state index in [0.717, 1.165) is 12.0 Å². The highest BCUT2D eigenvalue weighted by atomic mass is 16.6. The Balaban J connectivity index is 1.73. The highest BCUT2D eigenvalue weighted by Crippen LogP contribution is 2.20. The Bertz CT molecular complexity index is 464. The number of nitro groups is 1. The third-order valence-electron chi connectivity index (χ3n) is 3.47. The van der Waals surface area contributed by atoms with Gasteiger partial charge in [0.15, 0.2) is 0 Å². The van der Waals surface area contributed by atoms with E-state index in [4.69, 9.17) is 4.74 Å². The Kier molecular flexibility index (Phi) is 4.92. The van der Waals surface area contributed by atoms with Crippen LogP contribution in [0.2, 0.25) is 0 Å². The van der Waals surface area contributed by atoms with E-state index in [1.54, 1.807) is 4.90 Å². The third-order valence-corrected chi connectivity index (χ3v) is 3.47. The highest BCUT2D eigenvalue weighted by molar-refractivity contribution is 5.68. The molecule has 0 spiro atoms. The van der Waals surface area contributed by atoms with E-state index in [0.29, 0.717) is 19.5 Å². The number of nitrogens with zero attached hydrogens (tertiary/aromatic N) is 2. The Morgan fingerprint density at radius 1 is 1.40 bits per heavy atom. The highest BCUT2D eigenvalue weighted by Gasteiger charge is 2.28. The largest absolute Gasteiger partial charge is 0.445 e. The lowest BCUT2D eigenvalue weighted by atomic mass is 10.1. The second-order valence-electron chi connectivity index (χ2n) is 4.99. The predicted octanol–water partition coefficient (Wildman–Crippen LogP) is 2.31. The number of rotatable bonds is 5. The first-order valence-corrected chi connectivity index (χ1v) is 6.72. The van der Waals surface area contributed by atoms with Crippen molar-refractivity contribution in [1.29, 1.82) is 0 Å². The first kappa shape index (κ1) is 14.3. The molecule has 1 aliphatic heterocycles. The van der Waals surface area contributed by atoms with Crippen molar-refractivity contribution < 1.29 is 14.5 Å². The van der Waals surface area contributed by atoms with Gasteiger partial charge < -0.3 is 9.64 Å². The van der Waals surface area contributed by atoms with Gasteiger partial charge in [0, 0.05) is 24.4 Å². The number of carbonyl (C=O) groups is 1. The molecule has 1 atom stereocenters. The number of likely N-dealkylation sites (tertiary alicyclic amines) is 1. The minimum absolute atomic E-state index is 0.0302. The minimum Gasteiger partial charge on any atom is -0.445 e. The van der Waals surface area contributed by atoms with Gasteiger partial charge in [-0.1, -0.05) is 30.3 Å². The molecule has 1 saturated heterocycles. The van der Waals surface area contributed by atoms with Crippen LogP contribution in [0.4, 0.5) is 4.79 Å². The summed E-state index contributed by atoms with van der Waals surface area (Å²) in [6.07, 6.45) is 1.00. The van der Waals surface area contributed by atoms with Crippen molar-refractivity contribution in [2.24, 2.45) is 5.92 Å². The SMILES string of the molecule is O=C(OCc1ccccc1)N1CCC(CC[N+](=O)[O-])C1. The molecule has 0 saturated carbocycles. The van der Waals surface area contributed by atoms with Crippen LogP contribution in [0.5, 0.6) is 0 Å². The molecule has 1 fully saturated rings. The number of ether oxygens (including phenoxy) is 1. The molecule has 108 valence electrons. The molecular formula is C14H18N2O4. The summed E-state index contributed by atoms with van der Waals surface area (Å²) in [7, 11) is 0. The molecule has 0 N–H and O–H groups in total. The molecule has 6 heteroatoms. The monoisotopic (exact) mass is 278 g/mol. The van der Waals surface area contributed by atoms with Crippen LogP contribution in [0, 0.1) is 16.0 Å². The fraction of sp³-hybridized carbons (Fsp3) is 0.500. The summed E-state index contributed by atoms with van der Waals surface area (Å²) < 4.78 is 5.24. The van der Waals surface area contributed by atoms with E-state index in [1.807, 2.05) is 30.3 Å². The van der Waals surface area contributed by atoms with E-state index < -0.39 is 0 Å². The van der Waals surface area contributed by atoms with Gasteiger partial charge in [-0.3, -0.25) is 10.1 Å². The molecule has 20 heavy (non-hydrogen) atoms. The van der Waals surface area contributed by atoms with Gasteiger partial charge in [0.05, 0.1) is 0 Å². The molecule has 1 aromatic rings. The fourth-order valence-corrected chi connectivity index (χ4v) is 2.33. The zero-order valence-corrected chi connectivity index (χ0v) is 11.2. The lowest BCUT2D eigenvalue weighted by molar-refractivity contribution is -0.481. The summed E-state index contributed by atoms with van der Waals surface area (Å²) in [5.74, 6) is 0.213. The topological polar surface area (TPSA) is 72.7 Å². The lowest BCUT2D eigenvalue weighted by Crippen LogP contribution is -2.29. The smallest absolute Gasteiger partial charge is 0.410 e. The normalized spacial score (nSPS) is 18.0.